The van der Waals surface area contributed by atoms with Crippen molar-refractivity contribution in [3.8, 4) is 0 Å². The molecule has 0 bridgehead atoms. The Hall–Kier alpha value is -3.16. The summed E-state index contributed by atoms with van der Waals surface area (Å²) in [5, 5.41) is 16.2. The van der Waals surface area contributed by atoms with Gasteiger partial charge in [-0.05, 0) is 30.7 Å². The molecule has 0 saturated carbocycles. The highest BCUT2D eigenvalue weighted by atomic mass is 16.2. The number of carbonyl (C=O) groups excluding carboxylic acids is 1. The number of hydrogen-bond donors (Lipinski definition) is 1. The lowest BCUT2D eigenvalue weighted by Gasteiger charge is -2.23. The van der Waals surface area contributed by atoms with E-state index in [4.69, 9.17) is 5.10 Å². The molecule has 2 unspecified atom stereocenters. The number of rotatable bonds is 3. The molecule has 0 aliphatic carbocycles. The predicted molar refractivity (Wildman–Crippen MR) is 111 cm³/mol. The number of carbonyl (C=O) groups is 1. The van der Waals surface area contributed by atoms with E-state index in [1.807, 2.05) is 52.7 Å². The first-order valence-corrected chi connectivity index (χ1v) is 10.2. The van der Waals surface area contributed by atoms with Crippen LogP contribution in [0.15, 0.2) is 36.4 Å². The van der Waals surface area contributed by atoms with Gasteiger partial charge in [-0.1, -0.05) is 25.1 Å². The molecule has 2 atom stereocenters. The number of hydrogen-bond acceptors (Lipinski definition) is 5. The molecule has 8 heteroatoms. The number of aryl methyl sites for hydroxylation is 2. The minimum Gasteiger partial charge on any atom is -0.354 e. The Kier molecular flexibility index (Phi) is 4.34. The number of likely N-dealkylation sites (tertiary alicyclic amines) is 1. The van der Waals surface area contributed by atoms with Crippen LogP contribution in [-0.4, -0.2) is 56.9 Å². The first-order valence-electron chi connectivity index (χ1n) is 10.2. The number of urea groups is 1. The van der Waals surface area contributed by atoms with E-state index in [-0.39, 0.29) is 6.03 Å². The molecule has 29 heavy (non-hydrogen) atoms. The number of nitrogens with one attached hydrogen (secondary N) is 1. The smallest absolute Gasteiger partial charge is 0.321 e. The van der Waals surface area contributed by atoms with Crippen LogP contribution >= 0.6 is 0 Å². The fourth-order valence-corrected chi connectivity index (χ4v) is 4.47. The average molecular weight is 391 g/mol. The van der Waals surface area contributed by atoms with E-state index >= 15 is 0 Å². The first kappa shape index (κ1) is 17.9. The van der Waals surface area contributed by atoms with E-state index in [2.05, 4.69) is 27.3 Å². The van der Waals surface area contributed by atoms with Gasteiger partial charge in [0.25, 0.3) is 0 Å². The first-order chi connectivity index (χ1) is 14.1. The van der Waals surface area contributed by atoms with E-state index < -0.39 is 0 Å². The number of amides is 2. The lowest BCUT2D eigenvalue weighted by atomic mass is 10.0. The molecule has 0 radical (unpaired) electrons. The largest absolute Gasteiger partial charge is 0.354 e. The van der Waals surface area contributed by atoms with Gasteiger partial charge in [-0.2, -0.15) is 4.52 Å². The summed E-state index contributed by atoms with van der Waals surface area (Å²) < 4.78 is 1.84. The predicted octanol–water partition coefficient (Wildman–Crippen LogP) is 2.60. The van der Waals surface area contributed by atoms with Crippen molar-refractivity contribution >= 4 is 23.2 Å². The van der Waals surface area contributed by atoms with Crippen molar-refractivity contribution in [3.05, 3.63) is 47.8 Å². The third kappa shape index (κ3) is 3.18. The molecule has 8 nitrogen and oxygen atoms in total. The molecule has 2 fully saturated rings. The van der Waals surface area contributed by atoms with Gasteiger partial charge in [0.1, 0.15) is 5.82 Å². The van der Waals surface area contributed by atoms with Crippen LogP contribution in [0, 0.1) is 18.8 Å². The van der Waals surface area contributed by atoms with Crippen molar-refractivity contribution in [2.75, 3.05) is 36.4 Å². The van der Waals surface area contributed by atoms with E-state index in [1.165, 1.54) is 0 Å². The lowest BCUT2D eigenvalue weighted by molar-refractivity contribution is 0.219. The van der Waals surface area contributed by atoms with Crippen LogP contribution in [0.1, 0.15) is 18.3 Å². The SMILES string of the molecule is CCc1nnc2ccc(N3CC4CN(C(=O)Nc5ccccc5C)CC4C3)nn12. The third-order valence-electron chi connectivity index (χ3n) is 6.11. The maximum absolute atomic E-state index is 12.7. The molecule has 2 amide bonds. The standard InChI is InChI=1S/C21H25N7O/c1-3-18-23-24-19-8-9-20(25-28(18)19)26-10-15-12-27(13-16(15)11-26)21(29)22-17-7-5-4-6-14(17)2/h4-9,15-16H,3,10-13H2,1-2H3,(H,22,29). The van der Waals surface area contributed by atoms with Gasteiger partial charge >= 0.3 is 6.03 Å². The summed E-state index contributed by atoms with van der Waals surface area (Å²) in [5.41, 5.74) is 2.74. The highest BCUT2D eigenvalue weighted by Crippen LogP contribution is 2.33. The van der Waals surface area contributed by atoms with Gasteiger partial charge in [-0.25, -0.2) is 4.79 Å². The van der Waals surface area contributed by atoms with E-state index in [9.17, 15) is 4.79 Å². The van der Waals surface area contributed by atoms with Crippen molar-refractivity contribution in [2.24, 2.45) is 11.8 Å². The maximum Gasteiger partial charge on any atom is 0.321 e. The normalized spacial score (nSPS) is 21.0. The maximum atomic E-state index is 12.7. The summed E-state index contributed by atoms with van der Waals surface area (Å²) in [4.78, 5) is 17.0. The van der Waals surface area contributed by atoms with Crippen LogP contribution in [0.4, 0.5) is 16.3 Å². The van der Waals surface area contributed by atoms with Crippen molar-refractivity contribution in [1.82, 2.24) is 24.7 Å². The molecule has 2 aliphatic heterocycles. The summed E-state index contributed by atoms with van der Waals surface area (Å²) in [6.45, 7) is 7.47. The summed E-state index contributed by atoms with van der Waals surface area (Å²) in [6, 6.07) is 11.9. The molecule has 2 aromatic heterocycles. The zero-order chi connectivity index (χ0) is 20.0. The molecule has 0 spiro atoms. The molecule has 150 valence electrons. The Labute approximate surface area is 169 Å². The summed E-state index contributed by atoms with van der Waals surface area (Å²) in [6.07, 6.45) is 0.799. The van der Waals surface area contributed by atoms with Crippen molar-refractivity contribution in [2.45, 2.75) is 20.3 Å². The van der Waals surface area contributed by atoms with Gasteiger partial charge in [-0.3, -0.25) is 0 Å². The molecule has 2 saturated heterocycles. The van der Waals surface area contributed by atoms with Crippen LogP contribution in [0.5, 0.6) is 0 Å². The van der Waals surface area contributed by atoms with Crippen LogP contribution in [0.2, 0.25) is 0 Å². The Bertz CT molecular complexity index is 1050. The molecule has 1 N–H and O–H groups in total. The molecule has 4 heterocycles. The van der Waals surface area contributed by atoms with Crippen molar-refractivity contribution in [1.29, 1.82) is 0 Å². The zero-order valence-corrected chi connectivity index (χ0v) is 16.7. The van der Waals surface area contributed by atoms with Gasteiger partial charge in [0.15, 0.2) is 11.5 Å². The third-order valence-corrected chi connectivity index (χ3v) is 6.11. The minimum absolute atomic E-state index is 0.00290. The monoisotopic (exact) mass is 391 g/mol. The second-order valence-electron chi connectivity index (χ2n) is 8.01. The number of nitrogens with zero attached hydrogens (tertiary/aromatic N) is 6. The number of aromatic nitrogens is 4. The molecular formula is C21H25N7O. The Morgan fingerprint density at radius 2 is 1.83 bits per heavy atom. The van der Waals surface area contributed by atoms with E-state index in [0.717, 1.165) is 61.1 Å². The number of fused-ring (bicyclic) bond motifs is 2. The van der Waals surface area contributed by atoms with Gasteiger partial charge in [0.2, 0.25) is 0 Å². The highest BCUT2D eigenvalue weighted by Gasteiger charge is 2.42. The lowest BCUT2D eigenvalue weighted by Crippen LogP contribution is -2.36. The molecule has 1 aromatic carbocycles. The summed E-state index contributed by atoms with van der Waals surface area (Å²) in [7, 11) is 0. The zero-order valence-electron chi connectivity index (χ0n) is 16.7. The van der Waals surface area contributed by atoms with Crippen LogP contribution in [0.3, 0.4) is 0 Å². The number of para-hydroxylation sites is 1. The van der Waals surface area contributed by atoms with Gasteiger partial charge in [-0.15, -0.1) is 15.3 Å². The minimum atomic E-state index is -0.00290. The van der Waals surface area contributed by atoms with Crippen molar-refractivity contribution < 1.29 is 4.79 Å². The Morgan fingerprint density at radius 1 is 1.07 bits per heavy atom. The number of anilines is 2. The molecule has 2 aliphatic rings. The molecular weight excluding hydrogens is 366 g/mol. The quantitative estimate of drug-likeness (QED) is 0.742. The average Bonchev–Trinajstić information content (AvgIpc) is 3.41. The van der Waals surface area contributed by atoms with Crippen LogP contribution in [0.25, 0.3) is 5.65 Å². The fraction of sp³-hybridized carbons (Fsp3) is 0.429. The van der Waals surface area contributed by atoms with Crippen LogP contribution < -0.4 is 10.2 Å². The summed E-state index contributed by atoms with van der Waals surface area (Å²) in [5.74, 6) is 2.78. The van der Waals surface area contributed by atoms with Gasteiger partial charge < -0.3 is 15.1 Å². The Morgan fingerprint density at radius 3 is 2.55 bits per heavy atom. The second kappa shape index (κ2) is 7.02. The fourth-order valence-electron chi connectivity index (χ4n) is 4.47. The van der Waals surface area contributed by atoms with E-state index in [1.54, 1.807) is 0 Å². The Balaban J connectivity index is 1.25. The van der Waals surface area contributed by atoms with Gasteiger partial charge in [0.05, 0.1) is 0 Å². The highest BCUT2D eigenvalue weighted by molar-refractivity contribution is 5.90. The van der Waals surface area contributed by atoms with Crippen LogP contribution in [-0.2, 0) is 6.42 Å². The summed E-state index contributed by atoms with van der Waals surface area (Å²) >= 11 is 0. The van der Waals surface area contributed by atoms with Crippen molar-refractivity contribution in [3.63, 3.8) is 0 Å². The topological polar surface area (TPSA) is 78.7 Å². The van der Waals surface area contributed by atoms with Gasteiger partial charge in [0, 0.05) is 50.1 Å². The molecule has 5 rings (SSSR count). The number of benzene rings is 1. The second-order valence-corrected chi connectivity index (χ2v) is 8.01. The van der Waals surface area contributed by atoms with E-state index in [0.29, 0.717) is 11.8 Å². The molecule has 3 aromatic rings.